The third kappa shape index (κ3) is 10.4. The molecule has 0 radical (unpaired) electrons. The maximum absolute atomic E-state index is 7.62. The van der Waals surface area contributed by atoms with Gasteiger partial charge in [0.05, 0.1) is 0 Å². The predicted molar refractivity (Wildman–Crippen MR) is 146 cm³/mol. The van der Waals surface area contributed by atoms with Gasteiger partial charge >= 0.3 is 215 Å². The molecule has 0 unspecified atom stereocenters. The normalized spacial score (nSPS) is 12.0. The molecule has 0 heterocycles. The van der Waals surface area contributed by atoms with Gasteiger partial charge in [-0.25, -0.2) is 0 Å². The monoisotopic (exact) mass is 670 g/mol. The maximum atomic E-state index is 7.62. The summed E-state index contributed by atoms with van der Waals surface area (Å²) in [5.41, 5.74) is 0. The third-order valence-electron chi connectivity index (χ3n) is 6.11. The molecule has 3 nitrogen and oxygen atoms in total. The Kier molecular flexibility index (Phi) is 14.2. The van der Waals surface area contributed by atoms with Gasteiger partial charge in [0.15, 0.2) is 0 Å². The molecule has 0 saturated carbocycles. The molecule has 0 saturated heterocycles. The van der Waals surface area contributed by atoms with Crippen molar-refractivity contribution >= 4 is 38.4 Å². The van der Waals surface area contributed by atoms with Crippen LogP contribution in [0.1, 0.15) is 79.1 Å². The van der Waals surface area contributed by atoms with Gasteiger partial charge in [-0.15, -0.1) is 0 Å². The van der Waals surface area contributed by atoms with Crippen LogP contribution < -0.4 is 6.15 Å². The van der Waals surface area contributed by atoms with Crippen LogP contribution in [0.25, 0.3) is 0 Å². The number of hydrogen-bond acceptors (Lipinski definition) is 3. The molecule has 2 aromatic rings. The standard InChI is InChI=1S/2C6H6O.4C4H9.O.2Sn/c2*7-6-4-2-1-3-5-6;4*1-3-4-2;;;/h2*1-5,7H;4*1,3-4H2,2H3;;;/q;;;;;;;2*+1/p-2. The van der Waals surface area contributed by atoms with E-state index < -0.39 is 38.4 Å². The molecule has 0 amide bonds. The van der Waals surface area contributed by atoms with Crippen molar-refractivity contribution in [2.75, 3.05) is 0 Å². The van der Waals surface area contributed by atoms with E-state index in [1.54, 1.807) is 0 Å². The fourth-order valence-electron chi connectivity index (χ4n) is 4.23. The summed E-state index contributed by atoms with van der Waals surface area (Å²) < 4.78 is 26.1. The average molecular weight is 668 g/mol. The van der Waals surface area contributed by atoms with E-state index >= 15 is 0 Å². The molecule has 2 rings (SSSR count). The van der Waals surface area contributed by atoms with E-state index in [1.165, 1.54) is 51.4 Å². The van der Waals surface area contributed by atoms with Gasteiger partial charge < -0.3 is 0 Å². The fourth-order valence-corrected chi connectivity index (χ4v) is 46.0. The molecule has 0 aliphatic rings. The number of hydrogen-bond donors (Lipinski definition) is 0. The molecule has 0 aliphatic carbocycles. The van der Waals surface area contributed by atoms with Crippen LogP contribution in [0.2, 0.25) is 17.7 Å². The molecular weight excluding hydrogens is 622 g/mol. The predicted octanol–water partition coefficient (Wildman–Crippen LogP) is 9.25. The fraction of sp³-hybridized carbons (Fsp3) is 0.571. The van der Waals surface area contributed by atoms with Crippen LogP contribution in [0.15, 0.2) is 60.7 Å². The van der Waals surface area contributed by atoms with Crippen molar-refractivity contribution < 1.29 is 7.56 Å². The van der Waals surface area contributed by atoms with Crippen molar-refractivity contribution in [2.24, 2.45) is 0 Å². The number of benzene rings is 2. The van der Waals surface area contributed by atoms with Gasteiger partial charge in [0.1, 0.15) is 0 Å². The van der Waals surface area contributed by atoms with Crippen molar-refractivity contribution in [3.63, 3.8) is 0 Å². The van der Waals surface area contributed by atoms with Crippen molar-refractivity contribution in [2.45, 2.75) is 96.8 Å². The van der Waals surface area contributed by atoms with Gasteiger partial charge in [-0.1, -0.05) is 0 Å². The average Bonchev–Trinajstić information content (AvgIpc) is 2.85. The van der Waals surface area contributed by atoms with Crippen LogP contribution in [-0.4, -0.2) is 38.4 Å². The van der Waals surface area contributed by atoms with Crippen molar-refractivity contribution in [3.05, 3.63) is 60.7 Å². The van der Waals surface area contributed by atoms with Gasteiger partial charge in [-0.05, 0) is 0 Å². The zero-order valence-electron chi connectivity index (χ0n) is 21.5. The van der Waals surface area contributed by atoms with Gasteiger partial charge in [0.25, 0.3) is 0 Å². The Bertz CT molecular complexity index is 660. The first-order valence-electron chi connectivity index (χ1n) is 13.3. The molecule has 2 aromatic carbocycles. The molecular formula is C28H46O3Sn2. The molecule has 33 heavy (non-hydrogen) atoms. The Morgan fingerprint density at radius 3 is 1.06 bits per heavy atom. The number of rotatable bonds is 18. The van der Waals surface area contributed by atoms with Crippen LogP contribution in [0.4, 0.5) is 0 Å². The molecule has 0 fully saturated rings. The molecule has 0 bridgehead atoms. The molecule has 5 heteroatoms. The third-order valence-corrected chi connectivity index (χ3v) is 38.7. The van der Waals surface area contributed by atoms with E-state index in [4.69, 9.17) is 7.56 Å². The minimum atomic E-state index is -3.47. The second-order valence-corrected chi connectivity index (χ2v) is 30.9. The summed E-state index contributed by atoms with van der Waals surface area (Å²) in [6.07, 6.45) is 9.44. The summed E-state index contributed by atoms with van der Waals surface area (Å²) >= 11 is -6.93. The van der Waals surface area contributed by atoms with E-state index in [-0.39, 0.29) is 0 Å². The molecule has 0 aliphatic heterocycles. The quantitative estimate of drug-likeness (QED) is 0.148. The van der Waals surface area contributed by atoms with Crippen molar-refractivity contribution in [3.8, 4) is 11.5 Å². The Hall–Kier alpha value is -0.403. The van der Waals surface area contributed by atoms with Crippen molar-refractivity contribution in [1.29, 1.82) is 0 Å². The van der Waals surface area contributed by atoms with E-state index in [1.807, 2.05) is 0 Å². The van der Waals surface area contributed by atoms with E-state index in [0.29, 0.717) is 0 Å². The number of unbranched alkanes of at least 4 members (excludes halogenated alkanes) is 4. The molecule has 184 valence electrons. The summed E-state index contributed by atoms with van der Waals surface area (Å²) in [5.74, 6) is 1.98. The topological polar surface area (TPSA) is 27.7 Å². The van der Waals surface area contributed by atoms with Crippen LogP contribution in [0.3, 0.4) is 0 Å². The van der Waals surface area contributed by atoms with Crippen LogP contribution in [-0.2, 0) is 1.41 Å². The van der Waals surface area contributed by atoms with Gasteiger partial charge in [-0.2, -0.15) is 0 Å². The molecule has 0 N–H and O–H groups in total. The second-order valence-electron chi connectivity index (χ2n) is 9.17. The molecule has 0 aromatic heterocycles. The summed E-state index contributed by atoms with van der Waals surface area (Å²) in [6, 6.07) is 20.9. The summed E-state index contributed by atoms with van der Waals surface area (Å²) in [7, 11) is 0. The molecule has 0 spiro atoms. The summed E-state index contributed by atoms with van der Waals surface area (Å²) in [5, 5.41) is 0. The first-order valence-corrected chi connectivity index (χ1v) is 26.0. The minimum absolute atomic E-state index is 0.992. The second kappa shape index (κ2) is 16.3. The van der Waals surface area contributed by atoms with Gasteiger partial charge in [-0.3, -0.25) is 0 Å². The van der Waals surface area contributed by atoms with Gasteiger partial charge in [0.2, 0.25) is 0 Å². The van der Waals surface area contributed by atoms with E-state index in [2.05, 4.69) is 88.4 Å². The van der Waals surface area contributed by atoms with Crippen molar-refractivity contribution in [1.82, 2.24) is 0 Å². The molecule has 0 atom stereocenters. The van der Waals surface area contributed by atoms with Crippen LogP contribution in [0.5, 0.6) is 11.5 Å². The summed E-state index contributed by atoms with van der Waals surface area (Å²) in [4.78, 5) is 0. The van der Waals surface area contributed by atoms with Gasteiger partial charge in [0, 0.05) is 0 Å². The van der Waals surface area contributed by atoms with Crippen LogP contribution in [0, 0.1) is 0 Å². The first-order chi connectivity index (χ1) is 16.1. The zero-order chi connectivity index (χ0) is 23.8. The Morgan fingerprint density at radius 2 is 0.788 bits per heavy atom. The Morgan fingerprint density at radius 1 is 0.485 bits per heavy atom. The van der Waals surface area contributed by atoms with Crippen LogP contribution >= 0.6 is 0 Å². The Labute approximate surface area is 213 Å². The Balaban J connectivity index is 2.47. The SMILES string of the molecule is CCC[CH2][Sn]([CH2]CCC)([O]c1ccccc1)[O][Sn]([CH2]CCC)([CH2]CCC)[O]c1ccccc1. The van der Waals surface area contributed by atoms with E-state index in [0.717, 1.165) is 29.2 Å². The first kappa shape index (κ1) is 28.8. The summed E-state index contributed by atoms with van der Waals surface area (Å²) in [6.45, 7) is 9.13. The van der Waals surface area contributed by atoms with E-state index in [9.17, 15) is 0 Å². The zero-order valence-corrected chi connectivity index (χ0v) is 27.2. The number of para-hydroxylation sites is 2.